The molecule has 3 aromatic rings. The van der Waals surface area contributed by atoms with Crippen LogP contribution in [0.1, 0.15) is 17.5 Å². The van der Waals surface area contributed by atoms with Crippen molar-refractivity contribution in [3.8, 4) is 11.3 Å². The van der Waals surface area contributed by atoms with Crippen LogP contribution >= 0.6 is 11.3 Å². The first-order valence-electron chi connectivity index (χ1n) is 11.6. The monoisotopic (exact) mass is 476 g/mol. The number of aryl methyl sites for hydroxylation is 1. The van der Waals surface area contributed by atoms with Crippen molar-refractivity contribution < 1.29 is 14.3 Å². The molecule has 1 N–H and O–H groups in total. The molecular formula is C26H28N4O3S. The maximum Gasteiger partial charge on any atom is 0.229 e. The van der Waals surface area contributed by atoms with Crippen LogP contribution in [0.25, 0.3) is 11.3 Å². The molecule has 2 aromatic carbocycles. The molecule has 2 saturated heterocycles. The van der Waals surface area contributed by atoms with E-state index in [1.165, 1.54) is 0 Å². The molecule has 0 radical (unpaired) electrons. The second-order valence-corrected chi connectivity index (χ2v) is 9.64. The minimum atomic E-state index is -0.373. The van der Waals surface area contributed by atoms with Crippen molar-refractivity contribution in [1.82, 2.24) is 4.98 Å². The van der Waals surface area contributed by atoms with Crippen LogP contribution < -0.4 is 15.1 Å². The van der Waals surface area contributed by atoms with Crippen molar-refractivity contribution >= 4 is 39.7 Å². The van der Waals surface area contributed by atoms with Gasteiger partial charge in [-0.05, 0) is 43.2 Å². The molecule has 0 saturated carbocycles. The number of carbonyl (C=O) groups is 2. The van der Waals surface area contributed by atoms with Gasteiger partial charge in [0.15, 0.2) is 5.13 Å². The number of ether oxygens (including phenoxy) is 1. The maximum absolute atomic E-state index is 12.9. The van der Waals surface area contributed by atoms with Crippen LogP contribution in [0.4, 0.5) is 16.5 Å². The topological polar surface area (TPSA) is 74.8 Å². The number of benzene rings is 2. The normalized spacial score (nSPS) is 18.4. The van der Waals surface area contributed by atoms with Gasteiger partial charge in [0.25, 0.3) is 0 Å². The number of amides is 2. The van der Waals surface area contributed by atoms with Gasteiger partial charge < -0.3 is 19.9 Å². The summed E-state index contributed by atoms with van der Waals surface area (Å²) in [4.78, 5) is 34.3. The van der Waals surface area contributed by atoms with E-state index >= 15 is 0 Å². The van der Waals surface area contributed by atoms with E-state index in [9.17, 15) is 9.59 Å². The standard InChI is InChI=1S/C26H28N4O3S/c1-17-4-3-5-23(18(17)2)30-15-20(14-24(30)31)25(32)27-21-8-6-19(7-9-21)22-16-34-26(28-22)29-10-12-33-13-11-29/h3-9,16,20H,10-15H2,1-2H3,(H,27,32). The predicted molar refractivity (Wildman–Crippen MR) is 136 cm³/mol. The molecular weight excluding hydrogens is 448 g/mol. The fourth-order valence-corrected chi connectivity index (χ4v) is 5.30. The summed E-state index contributed by atoms with van der Waals surface area (Å²) in [6, 6.07) is 13.6. The zero-order chi connectivity index (χ0) is 23.7. The summed E-state index contributed by atoms with van der Waals surface area (Å²) in [6.07, 6.45) is 0.223. The molecule has 176 valence electrons. The lowest BCUT2D eigenvalue weighted by Gasteiger charge is -2.26. The van der Waals surface area contributed by atoms with Gasteiger partial charge in [0.1, 0.15) is 0 Å². The first-order valence-corrected chi connectivity index (χ1v) is 12.4. The summed E-state index contributed by atoms with van der Waals surface area (Å²) in [5.74, 6) is -0.511. The molecule has 3 heterocycles. The summed E-state index contributed by atoms with van der Waals surface area (Å²) >= 11 is 1.64. The number of nitrogens with zero attached hydrogens (tertiary/aromatic N) is 3. The molecule has 34 heavy (non-hydrogen) atoms. The number of aromatic nitrogens is 1. The minimum Gasteiger partial charge on any atom is -0.378 e. The lowest BCUT2D eigenvalue weighted by molar-refractivity contribution is -0.122. The van der Waals surface area contributed by atoms with E-state index in [-0.39, 0.29) is 24.2 Å². The van der Waals surface area contributed by atoms with E-state index in [2.05, 4.69) is 15.6 Å². The first kappa shape index (κ1) is 22.6. The van der Waals surface area contributed by atoms with Crippen LogP contribution in [0, 0.1) is 19.8 Å². The molecule has 8 heteroatoms. The van der Waals surface area contributed by atoms with E-state index in [0.29, 0.717) is 6.54 Å². The van der Waals surface area contributed by atoms with Gasteiger partial charge >= 0.3 is 0 Å². The van der Waals surface area contributed by atoms with Gasteiger partial charge in [-0.2, -0.15) is 0 Å². The van der Waals surface area contributed by atoms with Crippen molar-refractivity contribution in [1.29, 1.82) is 0 Å². The summed E-state index contributed by atoms with van der Waals surface area (Å²) in [5.41, 5.74) is 5.75. The van der Waals surface area contributed by atoms with Crippen molar-refractivity contribution in [2.24, 2.45) is 5.92 Å². The molecule has 2 aliphatic rings. The third-order valence-corrected chi connectivity index (χ3v) is 7.49. The Morgan fingerprint density at radius 1 is 1.12 bits per heavy atom. The second kappa shape index (κ2) is 9.56. The van der Waals surface area contributed by atoms with E-state index in [4.69, 9.17) is 9.72 Å². The molecule has 2 aliphatic heterocycles. The van der Waals surface area contributed by atoms with Gasteiger partial charge in [0, 0.05) is 48.4 Å². The van der Waals surface area contributed by atoms with Gasteiger partial charge in [-0.25, -0.2) is 4.98 Å². The number of hydrogen-bond donors (Lipinski definition) is 1. The highest BCUT2D eigenvalue weighted by molar-refractivity contribution is 7.14. The number of thiazole rings is 1. The molecule has 1 unspecified atom stereocenters. The highest BCUT2D eigenvalue weighted by atomic mass is 32.1. The Labute approximate surface area is 203 Å². The highest BCUT2D eigenvalue weighted by Crippen LogP contribution is 2.31. The Morgan fingerprint density at radius 3 is 2.65 bits per heavy atom. The van der Waals surface area contributed by atoms with E-state index in [1.54, 1.807) is 16.2 Å². The lowest BCUT2D eigenvalue weighted by atomic mass is 10.1. The lowest BCUT2D eigenvalue weighted by Crippen LogP contribution is -2.36. The van der Waals surface area contributed by atoms with Crippen LogP contribution in [0.5, 0.6) is 0 Å². The number of morpholine rings is 1. The smallest absolute Gasteiger partial charge is 0.229 e. The molecule has 0 aliphatic carbocycles. The van der Waals surface area contributed by atoms with Crippen LogP contribution in [-0.4, -0.2) is 49.6 Å². The number of nitrogens with one attached hydrogen (secondary N) is 1. The number of rotatable bonds is 5. The Hall–Kier alpha value is -3.23. The van der Waals surface area contributed by atoms with Crippen molar-refractivity contribution in [3.05, 3.63) is 59.0 Å². The summed E-state index contributed by atoms with van der Waals surface area (Å²) in [5, 5.41) is 6.05. The van der Waals surface area contributed by atoms with Crippen molar-refractivity contribution in [2.75, 3.05) is 48.0 Å². The Bertz CT molecular complexity index is 1200. The number of carbonyl (C=O) groups excluding carboxylic acids is 2. The Balaban J connectivity index is 1.22. The van der Waals surface area contributed by atoms with Gasteiger partial charge in [-0.15, -0.1) is 11.3 Å². The van der Waals surface area contributed by atoms with Gasteiger partial charge in [-0.3, -0.25) is 9.59 Å². The fourth-order valence-electron chi connectivity index (χ4n) is 4.41. The third kappa shape index (κ3) is 4.56. The number of hydrogen-bond acceptors (Lipinski definition) is 6. The first-order chi connectivity index (χ1) is 16.5. The largest absolute Gasteiger partial charge is 0.378 e. The molecule has 7 nitrogen and oxygen atoms in total. The summed E-state index contributed by atoms with van der Waals surface area (Å²) in [6.45, 7) is 7.64. The minimum absolute atomic E-state index is 0.0104. The second-order valence-electron chi connectivity index (χ2n) is 8.81. The van der Waals surface area contributed by atoms with Crippen LogP contribution in [0.2, 0.25) is 0 Å². The van der Waals surface area contributed by atoms with E-state index in [0.717, 1.165) is 65.2 Å². The SMILES string of the molecule is Cc1cccc(N2CC(C(=O)Nc3ccc(-c4csc(N5CCOCC5)n4)cc3)CC2=O)c1C. The average Bonchev–Trinajstić information content (AvgIpc) is 3.49. The average molecular weight is 477 g/mol. The van der Waals surface area contributed by atoms with Crippen molar-refractivity contribution in [2.45, 2.75) is 20.3 Å². The predicted octanol–water partition coefficient (Wildman–Crippen LogP) is 4.26. The molecule has 5 rings (SSSR count). The maximum atomic E-state index is 12.9. The summed E-state index contributed by atoms with van der Waals surface area (Å²) < 4.78 is 5.42. The molecule has 1 atom stereocenters. The molecule has 1 aromatic heterocycles. The molecule has 2 fully saturated rings. The zero-order valence-electron chi connectivity index (χ0n) is 19.4. The summed E-state index contributed by atoms with van der Waals surface area (Å²) in [7, 11) is 0. The molecule has 0 spiro atoms. The van der Waals surface area contributed by atoms with Gasteiger partial charge in [-0.1, -0.05) is 24.3 Å². The van der Waals surface area contributed by atoms with Gasteiger partial charge in [0.2, 0.25) is 11.8 Å². The van der Waals surface area contributed by atoms with Crippen LogP contribution in [0.15, 0.2) is 47.8 Å². The zero-order valence-corrected chi connectivity index (χ0v) is 20.2. The van der Waals surface area contributed by atoms with E-state index < -0.39 is 0 Å². The van der Waals surface area contributed by atoms with Crippen LogP contribution in [0.3, 0.4) is 0 Å². The molecule has 0 bridgehead atoms. The Morgan fingerprint density at radius 2 is 1.88 bits per heavy atom. The van der Waals surface area contributed by atoms with Crippen LogP contribution in [-0.2, 0) is 14.3 Å². The quantitative estimate of drug-likeness (QED) is 0.596. The van der Waals surface area contributed by atoms with Crippen molar-refractivity contribution in [3.63, 3.8) is 0 Å². The Kier molecular flexibility index (Phi) is 6.34. The molecule has 2 amide bonds. The number of anilines is 3. The van der Waals surface area contributed by atoms with E-state index in [1.807, 2.05) is 56.3 Å². The fraction of sp³-hybridized carbons (Fsp3) is 0.346. The highest BCUT2D eigenvalue weighted by Gasteiger charge is 2.35. The van der Waals surface area contributed by atoms with Gasteiger partial charge in [0.05, 0.1) is 24.8 Å². The third-order valence-electron chi connectivity index (χ3n) is 6.58.